The molecular formula is C9H9NOS. The molecule has 62 valence electrons. The van der Waals surface area contributed by atoms with E-state index >= 15 is 0 Å². The summed E-state index contributed by atoms with van der Waals surface area (Å²) in [4.78, 5) is 0.853. The van der Waals surface area contributed by atoms with Gasteiger partial charge in [-0.1, -0.05) is 12.2 Å². The van der Waals surface area contributed by atoms with E-state index in [1.54, 1.807) is 6.26 Å². The Labute approximate surface area is 76.3 Å². The summed E-state index contributed by atoms with van der Waals surface area (Å²) < 4.78 is 5.18. The lowest BCUT2D eigenvalue weighted by Gasteiger charge is -1.93. The number of thiocarbonyl (C=S) groups is 1. The Morgan fingerprint density at radius 1 is 1.58 bits per heavy atom. The summed E-state index contributed by atoms with van der Waals surface area (Å²) in [6.07, 6.45) is 4.65. The van der Waals surface area contributed by atoms with Crippen molar-refractivity contribution < 1.29 is 4.42 Å². The molecule has 0 bridgehead atoms. The van der Waals surface area contributed by atoms with Gasteiger partial charge in [-0.05, 0) is 30.2 Å². The lowest BCUT2D eigenvalue weighted by Crippen LogP contribution is -2.11. The fourth-order valence-corrected chi connectivity index (χ4v) is 1.48. The van der Waals surface area contributed by atoms with E-state index < -0.39 is 0 Å². The largest absolute Gasteiger partial charge is 0.465 e. The summed E-state index contributed by atoms with van der Waals surface area (Å²) in [5, 5.41) is 3.10. The maximum atomic E-state index is 5.18. The van der Waals surface area contributed by atoms with E-state index in [0.29, 0.717) is 0 Å². The van der Waals surface area contributed by atoms with Crippen LogP contribution in [0.4, 0.5) is 0 Å². The van der Waals surface area contributed by atoms with E-state index in [4.69, 9.17) is 16.6 Å². The highest BCUT2D eigenvalue weighted by Gasteiger charge is 2.11. The summed E-state index contributed by atoms with van der Waals surface area (Å²) in [5.41, 5.74) is 1.17. The smallest absolute Gasteiger partial charge is 0.127 e. The lowest BCUT2D eigenvalue weighted by molar-refractivity contribution is 0.556. The molecule has 0 spiro atoms. The molecule has 1 aliphatic rings. The standard InChI is InChI=1S/C9H9NOS/c12-9-7(3-4-10-9)6-8-2-1-5-11-8/h1-2,5-6H,3-4H2,(H,10,12)/b7-6+. The van der Waals surface area contributed by atoms with Gasteiger partial charge in [-0.25, -0.2) is 0 Å². The minimum atomic E-state index is 0.853. The first kappa shape index (κ1) is 7.55. The molecule has 1 aromatic rings. The van der Waals surface area contributed by atoms with Gasteiger partial charge in [0.05, 0.1) is 6.26 Å². The zero-order chi connectivity index (χ0) is 8.39. The minimum Gasteiger partial charge on any atom is -0.465 e. The first-order valence-electron chi connectivity index (χ1n) is 3.88. The highest BCUT2D eigenvalue weighted by atomic mass is 32.1. The van der Waals surface area contributed by atoms with Crippen LogP contribution in [0.3, 0.4) is 0 Å². The predicted octanol–water partition coefficient (Wildman–Crippen LogP) is 1.98. The third kappa shape index (κ3) is 1.41. The molecule has 2 heterocycles. The summed E-state index contributed by atoms with van der Waals surface area (Å²) in [5.74, 6) is 0.871. The molecule has 3 heteroatoms. The molecule has 0 saturated carbocycles. The Balaban J connectivity index is 2.23. The third-order valence-electron chi connectivity index (χ3n) is 1.83. The van der Waals surface area contributed by atoms with Crippen LogP contribution in [0.25, 0.3) is 6.08 Å². The van der Waals surface area contributed by atoms with Gasteiger partial charge in [-0.3, -0.25) is 0 Å². The average molecular weight is 179 g/mol. The Bertz CT molecular complexity index is 313. The number of hydrogen-bond acceptors (Lipinski definition) is 2. The normalized spacial score (nSPS) is 20.0. The molecule has 12 heavy (non-hydrogen) atoms. The van der Waals surface area contributed by atoms with Crippen molar-refractivity contribution in [2.24, 2.45) is 0 Å². The van der Waals surface area contributed by atoms with Gasteiger partial charge in [0.25, 0.3) is 0 Å². The van der Waals surface area contributed by atoms with Crippen molar-refractivity contribution in [3.63, 3.8) is 0 Å². The summed E-state index contributed by atoms with van der Waals surface area (Å²) in [7, 11) is 0. The van der Waals surface area contributed by atoms with Crippen LogP contribution < -0.4 is 5.32 Å². The monoisotopic (exact) mass is 179 g/mol. The van der Waals surface area contributed by atoms with Gasteiger partial charge < -0.3 is 9.73 Å². The van der Waals surface area contributed by atoms with Crippen LogP contribution in [0.15, 0.2) is 28.4 Å². The van der Waals surface area contributed by atoms with Crippen LogP contribution >= 0.6 is 12.2 Å². The Morgan fingerprint density at radius 3 is 3.08 bits per heavy atom. The Kier molecular flexibility index (Phi) is 1.96. The third-order valence-corrected chi connectivity index (χ3v) is 2.24. The Morgan fingerprint density at radius 2 is 2.50 bits per heavy atom. The molecule has 1 fully saturated rings. The highest BCUT2D eigenvalue weighted by Crippen LogP contribution is 2.14. The van der Waals surface area contributed by atoms with Crippen molar-refractivity contribution in [3.05, 3.63) is 29.7 Å². The average Bonchev–Trinajstić information content (AvgIpc) is 2.65. The second-order valence-electron chi connectivity index (χ2n) is 2.69. The first-order valence-corrected chi connectivity index (χ1v) is 4.29. The highest BCUT2D eigenvalue weighted by molar-refractivity contribution is 7.80. The molecular weight excluding hydrogens is 170 g/mol. The number of hydrogen-bond donors (Lipinski definition) is 1. The fourth-order valence-electron chi connectivity index (χ4n) is 1.22. The van der Waals surface area contributed by atoms with E-state index in [0.717, 1.165) is 23.7 Å². The second-order valence-corrected chi connectivity index (χ2v) is 3.10. The molecule has 0 aromatic carbocycles. The Hall–Kier alpha value is -1.09. The van der Waals surface area contributed by atoms with Crippen molar-refractivity contribution in [2.75, 3.05) is 6.54 Å². The molecule has 0 aliphatic carbocycles. The van der Waals surface area contributed by atoms with Gasteiger partial charge >= 0.3 is 0 Å². The first-order chi connectivity index (χ1) is 5.86. The van der Waals surface area contributed by atoms with Gasteiger partial charge in [0.2, 0.25) is 0 Å². The van der Waals surface area contributed by atoms with Gasteiger partial charge in [-0.2, -0.15) is 0 Å². The molecule has 0 amide bonds. The topological polar surface area (TPSA) is 25.2 Å². The van der Waals surface area contributed by atoms with Crippen molar-refractivity contribution in [2.45, 2.75) is 6.42 Å². The molecule has 1 aliphatic heterocycles. The zero-order valence-corrected chi connectivity index (χ0v) is 7.36. The van der Waals surface area contributed by atoms with Crippen LogP contribution in [0, 0.1) is 0 Å². The molecule has 1 N–H and O–H groups in total. The minimum absolute atomic E-state index is 0.853. The van der Waals surface area contributed by atoms with E-state index in [2.05, 4.69) is 5.32 Å². The van der Waals surface area contributed by atoms with Crippen molar-refractivity contribution in [1.29, 1.82) is 0 Å². The number of nitrogens with one attached hydrogen (secondary N) is 1. The van der Waals surface area contributed by atoms with Crippen molar-refractivity contribution in [1.82, 2.24) is 5.32 Å². The van der Waals surface area contributed by atoms with E-state index in [1.165, 1.54) is 5.57 Å². The molecule has 2 rings (SSSR count). The predicted molar refractivity (Wildman–Crippen MR) is 51.9 cm³/mol. The van der Waals surface area contributed by atoms with Gasteiger partial charge in [-0.15, -0.1) is 0 Å². The number of rotatable bonds is 1. The van der Waals surface area contributed by atoms with Gasteiger partial charge in [0, 0.05) is 6.54 Å². The van der Waals surface area contributed by atoms with Crippen LogP contribution in [0.2, 0.25) is 0 Å². The second kappa shape index (κ2) is 3.11. The molecule has 0 atom stereocenters. The maximum absolute atomic E-state index is 5.18. The van der Waals surface area contributed by atoms with Crippen LogP contribution in [0.1, 0.15) is 12.2 Å². The molecule has 1 saturated heterocycles. The van der Waals surface area contributed by atoms with Crippen LogP contribution in [0.5, 0.6) is 0 Å². The van der Waals surface area contributed by atoms with E-state index in [9.17, 15) is 0 Å². The van der Waals surface area contributed by atoms with Crippen LogP contribution in [-0.4, -0.2) is 11.5 Å². The molecule has 1 aromatic heterocycles. The summed E-state index contributed by atoms with van der Waals surface area (Å²) in [6, 6.07) is 3.80. The number of furan rings is 1. The van der Waals surface area contributed by atoms with Gasteiger partial charge in [0.15, 0.2) is 0 Å². The quantitative estimate of drug-likeness (QED) is 0.527. The van der Waals surface area contributed by atoms with Crippen LogP contribution in [-0.2, 0) is 0 Å². The SMILES string of the molecule is S=C1NCC/C1=C\c1ccco1. The molecule has 2 nitrogen and oxygen atoms in total. The molecule has 0 radical (unpaired) electrons. The summed E-state index contributed by atoms with van der Waals surface area (Å²) in [6.45, 7) is 0.950. The van der Waals surface area contributed by atoms with Crippen molar-refractivity contribution in [3.8, 4) is 0 Å². The lowest BCUT2D eigenvalue weighted by atomic mass is 10.2. The van der Waals surface area contributed by atoms with E-state index in [1.807, 2.05) is 18.2 Å². The van der Waals surface area contributed by atoms with Crippen molar-refractivity contribution >= 4 is 23.3 Å². The summed E-state index contributed by atoms with van der Waals surface area (Å²) >= 11 is 5.09. The maximum Gasteiger partial charge on any atom is 0.127 e. The zero-order valence-electron chi connectivity index (χ0n) is 6.54. The van der Waals surface area contributed by atoms with E-state index in [-0.39, 0.29) is 0 Å². The fraction of sp³-hybridized carbons (Fsp3) is 0.222. The molecule has 0 unspecified atom stereocenters. The van der Waals surface area contributed by atoms with Gasteiger partial charge in [0.1, 0.15) is 10.7 Å².